The highest BCUT2D eigenvalue weighted by Crippen LogP contribution is 2.37. The molecule has 0 aromatic heterocycles. The summed E-state index contributed by atoms with van der Waals surface area (Å²) in [6.45, 7) is 7.26. The molecule has 0 aliphatic heterocycles. The maximum Gasteiger partial charge on any atom is 0.119 e. The van der Waals surface area contributed by atoms with Crippen LogP contribution in [0.15, 0.2) is 97.1 Å². The van der Waals surface area contributed by atoms with Gasteiger partial charge in [0, 0.05) is 23.0 Å². The zero-order chi connectivity index (χ0) is 38.5. The average Bonchev–Trinajstić information content (AvgIpc) is 3.24. The van der Waals surface area contributed by atoms with Crippen LogP contribution in [-0.4, -0.2) is 13.7 Å². The minimum Gasteiger partial charge on any atom is -0.497 e. The molecule has 0 atom stereocenters. The van der Waals surface area contributed by atoms with Gasteiger partial charge in [0.1, 0.15) is 11.5 Å². The van der Waals surface area contributed by atoms with Gasteiger partial charge in [-0.15, -0.1) is 0 Å². The van der Waals surface area contributed by atoms with Gasteiger partial charge in [-0.05, 0) is 167 Å². The fourth-order valence-corrected chi connectivity index (χ4v) is 8.06. The van der Waals surface area contributed by atoms with Crippen molar-refractivity contribution in [2.75, 3.05) is 13.7 Å². The number of hydrogen-bond acceptors (Lipinski definition) is 2. The van der Waals surface area contributed by atoms with E-state index in [4.69, 9.17) is 9.47 Å². The van der Waals surface area contributed by atoms with Gasteiger partial charge >= 0.3 is 0 Å². The van der Waals surface area contributed by atoms with E-state index in [-0.39, 0.29) is 0 Å². The first-order chi connectivity index (χ1) is 27.1. The summed E-state index contributed by atoms with van der Waals surface area (Å²) in [6, 6.07) is 35.1. The Bertz CT molecular complexity index is 1760. The van der Waals surface area contributed by atoms with Gasteiger partial charge in [0.25, 0.3) is 0 Å². The number of hydrogen-bond donors (Lipinski definition) is 0. The van der Waals surface area contributed by atoms with Gasteiger partial charge in [-0.1, -0.05) is 112 Å². The normalized spacial score (nSPS) is 19.1. The molecule has 4 aromatic rings. The van der Waals surface area contributed by atoms with E-state index in [0.29, 0.717) is 23.7 Å². The summed E-state index contributed by atoms with van der Waals surface area (Å²) in [6.07, 6.45) is 20.0. The fraction of sp³-hybridized carbons (Fsp3) is 0.472. The third-order valence-electron chi connectivity index (χ3n) is 11.6. The van der Waals surface area contributed by atoms with E-state index in [1.807, 2.05) is 6.92 Å². The number of unbranched alkanes of at least 4 members (excludes halogenated alkanes) is 4. The van der Waals surface area contributed by atoms with E-state index in [1.165, 1.54) is 125 Å². The van der Waals surface area contributed by atoms with Gasteiger partial charge in [-0.3, -0.25) is 0 Å². The molecule has 4 aromatic carbocycles. The fourth-order valence-electron chi connectivity index (χ4n) is 8.06. The molecule has 0 amide bonds. The van der Waals surface area contributed by atoms with Crippen LogP contribution in [0.3, 0.4) is 0 Å². The Morgan fingerprint density at radius 2 is 0.873 bits per heavy atom. The van der Waals surface area contributed by atoms with E-state index in [0.717, 1.165) is 29.2 Å². The first-order valence-electron chi connectivity index (χ1n) is 21.6. The topological polar surface area (TPSA) is 18.5 Å². The lowest BCUT2D eigenvalue weighted by Gasteiger charge is -2.26. The maximum atomic E-state index is 5.55. The van der Waals surface area contributed by atoms with Crippen LogP contribution in [0, 0.1) is 35.5 Å². The number of benzene rings is 4. The predicted octanol–water partition coefficient (Wildman–Crippen LogP) is 13.9. The van der Waals surface area contributed by atoms with Gasteiger partial charge in [0.15, 0.2) is 0 Å². The second-order valence-electron chi connectivity index (χ2n) is 15.7. The summed E-state index contributed by atoms with van der Waals surface area (Å²) in [4.78, 5) is 0. The van der Waals surface area contributed by atoms with Crippen molar-refractivity contribution in [1.82, 2.24) is 0 Å². The monoisotopic (exact) mass is 735 g/mol. The molecule has 55 heavy (non-hydrogen) atoms. The zero-order valence-corrected chi connectivity index (χ0v) is 34.4. The Labute approximate surface area is 334 Å². The van der Waals surface area contributed by atoms with E-state index >= 15 is 0 Å². The van der Waals surface area contributed by atoms with Crippen LogP contribution < -0.4 is 9.47 Å². The molecule has 0 heterocycles. The lowest BCUT2D eigenvalue weighted by atomic mass is 9.79. The van der Waals surface area contributed by atoms with Crippen molar-refractivity contribution >= 4 is 0 Å². The molecule has 0 unspecified atom stereocenters. The molecule has 0 N–H and O–H groups in total. The molecule has 290 valence electrons. The largest absolute Gasteiger partial charge is 0.497 e. The van der Waals surface area contributed by atoms with Crippen LogP contribution >= 0.6 is 0 Å². The lowest BCUT2D eigenvalue weighted by molar-refractivity contribution is 0.339. The average molecular weight is 735 g/mol. The Morgan fingerprint density at radius 1 is 0.473 bits per heavy atom. The summed E-state index contributed by atoms with van der Waals surface area (Å²) in [5.41, 5.74) is 8.10. The van der Waals surface area contributed by atoms with Crippen molar-refractivity contribution in [1.29, 1.82) is 0 Å². The molecular weight excluding hydrogens is 669 g/mol. The predicted molar refractivity (Wildman–Crippen MR) is 233 cm³/mol. The van der Waals surface area contributed by atoms with Crippen LogP contribution in [0.4, 0.5) is 0 Å². The highest BCUT2D eigenvalue weighted by Gasteiger charge is 2.22. The van der Waals surface area contributed by atoms with Crippen molar-refractivity contribution < 1.29 is 9.47 Å². The summed E-state index contributed by atoms with van der Waals surface area (Å²) in [7, 11) is 1.72. The molecule has 2 aliphatic carbocycles. The Hall–Kier alpha value is -4.40. The number of methoxy groups -OCH3 is 1. The van der Waals surface area contributed by atoms with Crippen molar-refractivity contribution in [3.8, 4) is 35.2 Å². The van der Waals surface area contributed by atoms with Gasteiger partial charge < -0.3 is 9.47 Å². The molecule has 2 saturated carbocycles. The quantitative estimate of drug-likeness (QED) is 0.101. The molecule has 2 nitrogen and oxygen atoms in total. The summed E-state index contributed by atoms with van der Waals surface area (Å²) in [5, 5.41) is 0. The summed E-state index contributed by atoms with van der Waals surface area (Å²) in [5.74, 6) is 18.3. The van der Waals surface area contributed by atoms with Crippen LogP contribution in [0.25, 0.3) is 0 Å². The SMILES string of the molecule is CCCCCc1ccc(C#C[C@H]2CC[C@H](c3ccc(OC)cc3)CC2)cc1.CCCCCc1ccc(C#C[C@H]2CC[C@H](c3ccc(OCC)cc3)CC2)cc1. The first kappa shape index (κ1) is 41.8. The second kappa shape index (κ2) is 23.5. The van der Waals surface area contributed by atoms with E-state index in [1.54, 1.807) is 7.11 Å². The molecule has 2 fully saturated rings. The van der Waals surface area contributed by atoms with Crippen LogP contribution in [0.5, 0.6) is 11.5 Å². The summed E-state index contributed by atoms with van der Waals surface area (Å²) >= 11 is 0. The number of ether oxygens (including phenoxy) is 2. The minimum absolute atomic E-state index is 0.545. The van der Waals surface area contributed by atoms with Gasteiger partial charge in [-0.25, -0.2) is 0 Å². The molecule has 2 aliphatic rings. The Morgan fingerprint density at radius 3 is 1.24 bits per heavy atom. The number of aryl methyl sites for hydroxylation is 2. The second-order valence-corrected chi connectivity index (χ2v) is 15.7. The van der Waals surface area contributed by atoms with Crippen LogP contribution in [0.1, 0.15) is 156 Å². The van der Waals surface area contributed by atoms with Crippen molar-refractivity contribution in [2.45, 2.75) is 135 Å². The highest BCUT2D eigenvalue weighted by molar-refractivity contribution is 5.38. The molecule has 6 rings (SSSR count). The van der Waals surface area contributed by atoms with E-state index in [2.05, 4.69) is 135 Å². The summed E-state index contributed by atoms with van der Waals surface area (Å²) < 4.78 is 10.8. The molecular formula is C53H66O2. The van der Waals surface area contributed by atoms with Gasteiger partial charge in [0.05, 0.1) is 13.7 Å². The molecule has 0 bridgehead atoms. The van der Waals surface area contributed by atoms with E-state index in [9.17, 15) is 0 Å². The lowest BCUT2D eigenvalue weighted by Crippen LogP contribution is -2.12. The zero-order valence-electron chi connectivity index (χ0n) is 34.4. The third kappa shape index (κ3) is 14.3. The van der Waals surface area contributed by atoms with Crippen molar-refractivity contribution in [2.24, 2.45) is 11.8 Å². The Balaban J connectivity index is 0.000000211. The van der Waals surface area contributed by atoms with Gasteiger partial charge in [-0.2, -0.15) is 0 Å². The molecule has 0 spiro atoms. The Kier molecular flexibility index (Phi) is 17.8. The molecule has 2 heteroatoms. The van der Waals surface area contributed by atoms with Crippen LogP contribution in [0.2, 0.25) is 0 Å². The van der Waals surface area contributed by atoms with Crippen molar-refractivity contribution in [3.63, 3.8) is 0 Å². The molecule has 0 saturated heterocycles. The van der Waals surface area contributed by atoms with Crippen LogP contribution in [-0.2, 0) is 12.8 Å². The molecule has 0 radical (unpaired) electrons. The third-order valence-corrected chi connectivity index (χ3v) is 11.6. The van der Waals surface area contributed by atoms with Gasteiger partial charge in [0.2, 0.25) is 0 Å². The highest BCUT2D eigenvalue weighted by atomic mass is 16.5. The minimum atomic E-state index is 0.545. The first-order valence-corrected chi connectivity index (χ1v) is 21.6. The smallest absolute Gasteiger partial charge is 0.119 e. The standard InChI is InChI=1S/C27H34O.C26H32O/c1-3-5-6-7-22-8-10-23(11-9-22)12-13-24-14-16-25(17-15-24)26-18-20-27(21-19-26)28-4-2;1-3-4-5-6-21-7-9-22(10-8-21)11-12-23-13-15-24(16-14-23)25-17-19-26(27-2)20-18-25/h8-11,18-21,24-25H,3-7,14-17H2,1-2H3;7-10,17-20,23-24H,3-6,13-16H2,1-2H3/t24-,25-;23-,24-. The maximum absolute atomic E-state index is 5.55. The van der Waals surface area contributed by atoms with Crippen molar-refractivity contribution in [3.05, 3.63) is 130 Å². The number of rotatable bonds is 13. The van der Waals surface area contributed by atoms with E-state index < -0.39 is 0 Å².